The fraction of sp³-hybridized carbons (Fsp3) is 0.520. The van der Waals surface area contributed by atoms with E-state index in [1.807, 2.05) is 26.8 Å². The number of carbonyl (C=O) groups is 1. The minimum atomic E-state index is -0.369. The van der Waals surface area contributed by atoms with Crippen LogP contribution in [-0.4, -0.2) is 76.9 Å². The van der Waals surface area contributed by atoms with E-state index in [0.29, 0.717) is 62.6 Å². The Kier molecular flexibility index (Phi) is 7.94. The molecule has 35 heavy (non-hydrogen) atoms. The molecule has 4 heterocycles. The van der Waals surface area contributed by atoms with Gasteiger partial charge in [0.05, 0.1) is 30.3 Å². The Balaban J connectivity index is 1.69. The largest absolute Gasteiger partial charge is 0.379 e. The SMILES string of the molecule is Cc1ccc2nc3c(cc(C(=O)NCCN4CCOCC4)c(=N)n3CCCOC(C)C)c(=O)n2c1. The molecular weight excluding hydrogens is 448 g/mol. The van der Waals surface area contributed by atoms with Crippen molar-refractivity contribution in [3.8, 4) is 0 Å². The van der Waals surface area contributed by atoms with Crippen molar-refractivity contribution in [1.29, 1.82) is 5.41 Å². The molecule has 0 saturated carbocycles. The number of aryl methyl sites for hydroxylation is 2. The Morgan fingerprint density at radius 1 is 1.26 bits per heavy atom. The molecule has 0 atom stereocenters. The molecule has 1 amide bonds. The molecule has 1 aliphatic heterocycles. The highest BCUT2D eigenvalue weighted by atomic mass is 16.5. The van der Waals surface area contributed by atoms with Gasteiger partial charge in [-0.05, 0) is 44.9 Å². The highest BCUT2D eigenvalue weighted by molar-refractivity contribution is 5.96. The summed E-state index contributed by atoms with van der Waals surface area (Å²) in [7, 11) is 0. The number of carbonyl (C=O) groups excluding carboxylic acids is 1. The third-order valence-corrected chi connectivity index (χ3v) is 6.09. The van der Waals surface area contributed by atoms with Crippen molar-refractivity contribution in [1.82, 2.24) is 24.2 Å². The molecule has 0 bridgehead atoms. The highest BCUT2D eigenvalue weighted by Crippen LogP contribution is 2.12. The van der Waals surface area contributed by atoms with E-state index in [9.17, 15) is 9.59 Å². The van der Waals surface area contributed by atoms with Crippen molar-refractivity contribution in [2.24, 2.45) is 0 Å². The van der Waals surface area contributed by atoms with Gasteiger partial charge < -0.3 is 19.4 Å². The highest BCUT2D eigenvalue weighted by Gasteiger charge is 2.18. The predicted molar refractivity (Wildman–Crippen MR) is 133 cm³/mol. The quantitative estimate of drug-likeness (QED) is 0.351. The van der Waals surface area contributed by atoms with Crippen molar-refractivity contribution < 1.29 is 14.3 Å². The number of hydrogen-bond donors (Lipinski definition) is 2. The number of ether oxygens (including phenoxy) is 2. The van der Waals surface area contributed by atoms with Gasteiger partial charge in [0.25, 0.3) is 11.5 Å². The molecular formula is C25H34N6O4. The van der Waals surface area contributed by atoms with Crippen LogP contribution in [0.1, 0.15) is 36.2 Å². The smallest absolute Gasteiger partial charge is 0.267 e. The first kappa shape index (κ1) is 25.0. The molecule has 2 N–H and O–H groups in total. The van der Waals surface area contributed by atoms with Gasteiger partial charge in [-0.2, -0.15) is 0 Å². The summed E-state index contributed by atoms with van der Waals surface area (Å²) in [4.78, 5) is 33.4. The van der Waals surface area contributed by atoms with Crippen LogP contribution in [0.15, 0.2) is 29.2 Å². The van der Waals surface area contributed by atoms with E-state index in [0.717, 1.165) is 18.7 Å². The molecule has 10 nitrogen and oxygen atoms in total. The van der Waals surface area contributed by atoms with E-state index in [1.165, 1.54) is 10.5 Å². The van der Waals surface area contributed by atoms with Crippen LogP contribution in [0, 0.1) is 12.3 Å². The Labute approximate surface area is 204 Å². The Morgan fingerprint density at radius 2 is 2.03 bits per heavy atom. The van der Waals surface area contributed by atoms with E-state index < -0.39 is 0 Å². The second kappa shape index (κ2) is 11.1. The zero-order chi connectivity index (χ0) is 24.9. The summed E-state index contributed by atoms with van der Waals surface area (Å²) in [5.41, 5.74) is 1.77. The lowest BCUT2D eigenvalue weighted by atomic mass is 10.2. The lowest BCUT2D eigenvalue weighted by molar-refractivity contribution is 0.0383. The second-order valence-corrected chi connectivity index (χ2v) is 9.13. The van der Waals surface area contributed by atoms with E-state index in [1.54, 1.807) is 16.8 Å². The first-order valence-corrected chi connectivity index (χ1v) is 12.2. The van der Waals surface area contributed by atoms with Gasteiger partial charge in [-0.3, -0.25) is 24.3 Å². The van der Waals surface area contributed by atoms with Crippen molar-refractivity contribution in [3.63, 3.8) is 0 Å². The monoisotopic (exact) mass is 482 g/mol. The minimum Gasteiger partial charge on any atom is -0.379 e. The molecule has 3 aromatic rings. The average Bonchev–Trinajstić information content (AvgIpc) is 2.84. The second-order valence-electron chi connectivity index (χ2n) is 9.13. The molecule has 0 unspecified atom stereocenters. The number of nitrogens with zero attached hydrogens (tertiary/aromatic N) is 4. The number of aromatic nitrogens is 3. The van der Waals surface area contributed by atoms with Gasteiger partial charge in [0.1, 0.15) is 16.8 Å². The lowest BCUT2D eigenvalue weighted by Gasteiger charge is -2.26. The van der Waals surface area contributed by atoms with Crippen molar-refractivity contribution in [3.05, 3.63) is 51.4 Å². The van der Waals surface area contributed by atoms with Crippen LogP contribution in [0.2, 0.25) is 0 Å². The van der Waals surface area contributed by atoms with E-state index >= 15 is 0 Å². The van der Waals surface area contributed by atoms with E-state index in [2.05, 4.69) is 10.2 Å². The Morgan fingerprint density at radius 3 is 2.77 bits per heavy atom. The molecule has 0 aliphatic carbocycles. The molecule has 0 spiro atoms. The number of fused-ring (bicyclic) bond motifs is 2. The van der Waals surface area contributed by atoms with Gasteiger partial charge in [0, 0.05) is 45.5 Å². The summed E-state index contributed by atoms with van der Waals surface area (Å²) in [6, 6.07) is 5.19. The zero-order valence-corrected chi connectivity index (χ0v) is 20.7. The van der Waals surface area contributed by atoms with Crippen LogP contribution in [-0.2, 0) is 16.0 Å². The summed E-state index contributed by atoms with van der Waals surface area (Å²) >= 11 is 0. The fourth-order valence-corrected chi connectivity index (χ4v) is 4.22. The summed E-state index contributed by atoms with van der Waals surface area (Å²) in [5.74, 6) is -0.369. The number of amides is 1. The molecule has 1 fully saturated rings. The standard InChI is InChI=1S/C25H34N6O4/c1-17(2)35-12-4-8-30-22(26)19(24(32)27-7-9-29-10-13-34-14-11-29)15-20-23(30)28-21-6-5-18(3)16-31(21)25(20)33/h5-6,15-17,26H,4,7-14H2,1-3H3,(H,27,32). The molecule has 0 radical (unpaired) electrons. The molecule has 10 heteroatoms. The van der Waals surface area contributed by atoms with Gasteiger partial charge >= 0.3 is 0 Å². The van der Waals surface area contributed by atoms with Crippen LogP contribution in [0.5, 0.6) is 0 Å². The number of morpholine rings is 1. The van der Waals surface area contributed by atoms with Crippen LogP contribution < -0.4 is 16.4 Å². The first-order chi connectivity index (χ1) is 16.8. The molecule has 188 valence electrons. The number of rotatable bonds is 9. The Hall–Kier alpha value is -3.08. The fourth-order valence-electron chi connectivity index (χ4n) is 4.22. The van der Waals surface area contributed by atoms with Crippen LogP contribution in [0.3, 0.4) is 0 Å². The molecule has 0 aromatic carbocycles. The number of nitrogens with one attached hydrogen (secondary N) is 2. The topological polar surface area (TPSA) is 114 Å². The minimum absolute atomic E-state index is 0.0364. The van der Waals surface area contributed by atoms with Gasteiger partial charge in [-0.1, -0.05) is 6.07 Å². The van der Waals surface area contributed by atoms with Crippen molar-refractivity contribution in [2.45, 2.75) is 39.8 Å². The van der Waals surface area contributed by atoms with Gasteiger partial charge in [0.2, 0.25) is 0 Å². The number of pyridine rings is 2. The molecule has 3 aromatic heterocycles. The van der Waals surface area contributed by atoms with Crippen molar-refractivity contribution >= 4 is 22.6 Å². The average molecular weight is 483 g/mol. The molecule has 4 rings (SSSR count). The maximum atomic E-state index is 13.4. The van der Waals surface area contributed by atoms with Crippen LogP contribution in [0.4, 0.5) is 0 Å². The van der Waals surface area contributed by atoms with Gasteiger partial charge in [0.15, 0.2) is 0 Å². The maximum absolute atomic E-state index is 13.4. The van der Waals surface area contributed by atoms with Crippen LogP contribution >= 0.6 is 0 Å². The summed E-state index contributed by atoms with van der Waals surface area (Å²) in [5, 5.41) is 12.0. The van der Waals surface area contributed by atoms with Gasteiger partial charge in [-0.25, -0.2) is 4.98 Å². The molecule has 1 saturated heterocycles. The van der Waals surface area contributed by atoms with E-state index in [-0.39, 0.29) is 28.6 Å². The summed E-state index contributed by atoms with van der Waals surface area (Å²) in [6.45, 7) is 11.0. The first-order valence-electron chi connectivity index (χ1n) is 12.2. The maximum Gasteiger partial charge on any atom is 0.267 e. The van der Waals surface area contributed by atoms with Crippen molar-refractivity contribution in [2.75, 3.05) is 46.0 Å². The normalized spacial score (nSPS) is 14.7. The zero-order valence-electron chi connectivity index (χ0n) is 20.7. The third-order valence-electron chi connectivity index (χ3n) is 6.09. The summed E-state index contributed by atoms with van der Waals surface area (Å²) < 4.78 is 14.2. The summed E-state index contributed by atoms with van der Waals surface area (Å²) in [6.07, 6.45) is 2.47. The Bertz CT molecular complexity index is 1320. The third kappa shape index (κ3) is 5.77. The van der Waals surface area contributed by atoms with E-state index in [4.69, 9.17) is 19.9 Å². The lowest BCUT2D eigenvalue weighted by Crippen LogP contribution is -2.42. The number of hydrogen-bond acceptors (Lipinski definition) is 7. The van der Waals surface area contributed by atoms with Crippen LogP contribution in [0.25, 0.3) is 16.7 Å². The van der Waals surface area contributed by atoms with Gasteiger partial charge in [-0.15, -0.1) is 0 Å². The molecule has 1 aliphatic rings. The predicted octanol–water partition coefficient (Wildman–Crippen LogP) is 1.31.